The maximum atomic E-state index is 14.0. The first-order chi connectivity index (χ1) is 18.6. The Morgan fingerprint density at radius 1 is 1.08 bits per heavy atom. The number of benzene rings is 3. The van der Waals surface area contributed by atoms with Crippen molar-refractivity contribution in [3.8, 4) is 0 Å². The van der Waals surface area contributed by atoms with Gasteiger partial charge in [-0.15, -0.1) is 0 Å². The Bertz CT molecular complexity index is 1450. The van der Waals surface area contributed by atoms with Gasteiger partial charge in [0.05, 0.1) is 11.4 Å². The van der Waals surface area contributed by atoms with Crippen LogP contribution in [-0.4, -0.2) is 19.7 Å². The molecule has 4 atom stereocenters. The van der Waals surface area contributed by atoms with Crippen molar-refractivity contribution in [3.05, 3.63) is 114 Å². The number of nitrogens with zero attached hydrogens (tertiary/aromatic N) is 3. The normalized spacial score (nSPS) is 20.9. The largest absolute Gasteiger partial charge is 0.337 e. The van der Waals surface area contributed by atoms with Crippen LogP contribution in [0.15, 0.2) is 96.2 Å². The van der Waals surface area contributed by atoms with Gasteiger partial charge >= 0.3 is 0 Å². The maximum absolute atomic E-state index is 14.0. The SMILES string of the molecule is Cn1ccnc1CN(C(=O)[C@H]1C[C@@H]1c1ccccc1)c1ccc2c(c1)C(NS(=O)c1ccccc1)CCC2. The summed E-state index contributed by atoms with van der Waals surface area (Å²) in [5.41, 5.74) is 4.47. The number of nitrogens with one attached hydrogen (secondary N) is 1. The zero-order valence-electron chi connectivity index (χ0n) is 21.5. The van der Waals surface area contributed by atoms with Crippen LogP contribution in [0.3, 0.4) is 0 Å². The minimum absolute atomic E-state index is 0.0341. The van der Waals surface area contributed by atoms with Gasteiger partial charge in [-0.2, -0.15) is 0 Å². The second-order valence-electron chi connectivity index (χ2n) is 10.3. The van der Waals surface area contributed by atoms with Gasteiger partial charge in [0.1, 0.15) is 16.8 Å². The first-order valence-electron chi connectivity index (χ1n) is 13.3. The highest BCUT2D eigenvalue weighted by Crippen LogP contribution is 2.49. The van der Waals surface area contributed by atoms with Crippen LogP contribution < -0.4 is 9.62 Å². The number of hydrogen-bond acceptors (Lipinski definition) is 3. The Balaban J connectivity index is 1.30. The van der Waals surface area contributed by atoms with Crippen molar-refractivity contribution in [1.29, 1.82) is 0 Å². The molecule has 2 aliphatic rings. The van der Waals surface area contributed by atoms with Crippen molar-refractivity contribution in [1.82, 2.24) is 14.3 Å². The molecule has 194 valence electrons. The van der Waals surface area contributed by atoms with E-state index >= 15 is 0 Å². The molecule has 1 fully saturated rings. The first kappa shape index (κ1) is 24.8. The number of rotatable bonds is 8. The van der Waals surface area contributed by atoms with Crippen LogP contribution in [0.4, 0.5) is 5.69 Å². The zero-order chi connectivity index (χ0) is 26.1. The van der Waals surface area contributed by atoms with Gasteiger partial charge in [0.2, 0.25) is 5.91 Å². The van der Waals surface area contributed by atoms with E-state index in [1.165, 1.54) is 11.1 Å². The zero-order valence-corrected chi connectivity index (χ0v) is 22.3. The number of anilines is 1. The molecule has 6 rings (SSSR count). The highest BCUT2D eigenvalue weighted by molar-refractivity contribution is 7.83. The van der Waals surface area contributed by atoms with E-state index < -0.39 is 11.0 Å². The summed E-state index contributed by atoms with van der Waals surface area (Å²) in [5, 5.41) is 0. The molecule has 0 radical (unpaired) electrons. The van der Waals surface area contributed by atoms with Crippen molar-refractivity contribution in [2.45, 2.75) is 49.1 Å². The second-order valence-corrected chi connectivity index (χ2v) is 11.5. The van der Waals surface area contributed by atoms with Crippen LogP contribution >= 0.6 is 0 Å². The number of carbonyl (C=O) groups excluding carboxylic acids is 1. The lowest BCUT2D eigenvalue weighted by molar-refractivity contribution is -0.120. The molecule has 38 heavy (non-hydrogen) atoms. The van der Waals surface area contributed by atoms with E-state index in [4.69, 9.17) is 0 Å². The van der Waals surface area contributed by atoms with Crippen LogP contribution in [0.5, 0.6) is 0 Å². The van der Waals surface area contributed by atoms with E-state index in [0.717, 1.165) is 47.7 Å². The monoisotopic (exact) mass is 524 g/mol. The molecule has 1 saturated carbocycles. The van der Waals surface area contributed by atoms with Gasteiger partial charge in [-0.05, 0) is 72.6 Å². The van der Waals surface area contributed by atoms with Crippen molar-refractivity contribution in [2.75, 3.05) is 4.90 Å². The van der Waals surface area contributed by atoms with Crippen molar-refractivity contribution in [2.24, 2.45) is 13.0 Å². The summed E-state index contributed by atoms with van der Waals surface area (Å²) in [5.74, 6) is 1.20. The van der Waals surface area contributed by atoms with Gasteiger partial charge in [-0.3, -0.25) is 4.79 Å². The molecule has 0 bridgehead atoms. The highest BCUT2D eigenvalue weighted by Gasteiger charge is 2.46. The molecule has 1 aromatic heterocycles. The molecular weight excluding hydrogens is 492 g/mol. The van der Waals surface area contributed by atoms with E-state index in [2.05, 4.69) is 40.0 Å². The Kier molecular flexibility index (Phi) is 6.96. The standard InChI is InChI=1S/C31H32N4O2S/c1-34-18-17-32-30(34)21-35(31(36)28-20-26(28)22-9-4-2-5-10-22)24-16-15-23-11-8-14-29(27(23)19-24)33-38(37)25-12-6-3-7-13-25/h2-7,9-10,12-13,15-19,26,28-29,33H,8,11,14,20-21H2,1H3/t26-,28+,29?,38?/m1/s1. The lowest BCUT2D eigenvalue weighted by Crippen LogP contribution is -2.34. The minimum atomic E-state index is -1.31. The number of amides is 1. The molecule has 1 amide bonds. The summed E-state index contributed by atoms with van der Waals surface area (Å²) in [6, 6.07) is 26.1. The average Bonchev–Trinajstić information content (AvgIpc) is 3.67. The number of aryl methyl sites for hydroxylation is 2. The third-order valence-electron chi connectivity index (χ3n) is 7.78. The van der Waals surface area contributed by atoms with Gasteiger partial charge in [-0.25, -0.2) is 13.9 Å². The topological polar surface area (TPSA) is 67.2 Å². The molecule has 0 saturated heterocycles. The number of imidazole rings is 1. The number of hydrogen-bond donors (Lipinski definition) is 1. The highest BCUT2D eigenvalue weighted by atomic mass is 32.2. The quantitative estimate of drug-likeness (QED) is 0.333. The summed E-state index contributed by atoms with van der Waals surface area (Å²) < 4.78 is 18.4. The predicted octanol–water partition coefficient (Wildman–Crippen LogP) is 5.45. The van der Waals surface area contributed by atoms with E-state index in [9.17, 15) is 9.00 Å². The molecule has 1 heterocycles. The smallest absolute Gasteiger partial charge is 0.231 e. The molecular formula is C31H32N4O2S. The Hall–Kier alpha value is -3.55. The van der Waals surface area contributed by atoms with Crippen LogP contribution in [-0.2, 0) is 35.8 Å². The Morgan fingerprint density at radius 2 is 1.84 bits per heavy atom. The summed E-state index contributed by atoms with van der Waals surface area (Å²) in [4.78, 5) is 21.1. The molecule has 4 aromatic rings. The van der Waals surface area contributed by atoms with Crippen LogP contribution in [0, 0.1) is 5.92 Å². The van der Waals surface area contributed by atoms with Gasteiger partial charge < -0.3 is 9.47 Å². The van der Waals surface area contributed by atoms with Gasteiger partial charge in [0.15, 0.2) is 0 Å². The average molecular weight is 525 g/mol. The third kappa shape index (κ3) is 5.08. The molecule has 0 spiro atoms. The molecule has 3 aromatic carbocycles. The van der Waals surface area contributed by atoms with Crippen LogP contribution in [0.1, 0.15) is 53.7 Å². The van der Waals surface area contributed by atoms with E-state index in [0.29, 0.717) is 6.54 Å². The molecule has 7 heteroatoms. The van der Waals surface area contributed by atoms with Crippen molar-refractivity contribution >= 4 is 22.6 Å². The predicted molar refractivity (Wildman–Crippen MR) is 150 cm³/mol. The summed E-state index contributed by atoms with van der Waals surface area (Å²) in [7, 11) is 0.648. The first-order valence-corrected chi connectivity index (χ1v) is 14.4. The minimum Gasteiger partial charge on any atom is -0.337 e. The van der Waals surface area contributed by atoms with Crippen molar-refractivity contribution in [3.63, 3.8) is 0 Å². The van der Waals surface area contributed by atoms with Gasteiger partial charge in [-0.1, -0.05) is 54.6 Å². The van der Waals surface area contributed by atoms with E-state index in [1.54, 1.807) is 6.20 Å². The maximum Gasteiger partial charge on any atom is 0.231 e. The fourth-order valence-corrected chi connectivity index (χ4v) is 6.59. The summed E-state index contributed by atoms with van der Waals surface area (Å²) in [6.45, 7) is 0.410. The van der Waals surface area contributed by atoms with E-state index in [-0.39, 0.29) is 23.8 Å². The lowest BCUT2D eigenvalue weighted by Gasteiger charge is -2.29. The summed E-state index contributed by atoms with van der Waals surface area (Å²) in [6.07, 6.45) is 7.47. The molecule has 0 aliphatic heterocycles. The van der Waals surface area contributed by atoms with Crippen LogP contribution in [0.25, 0.3) is 0 Å². The van der Waals surface area contributed by atoms with Gasteiger partial charge in [0.25, 0.3) is 0 Å². The fraction of sp³-hybridized carbons (Fsp3) is 0.290. The van der Waals surface area contributed by atoms with Gasteiger partial charge in [0, 0.05) is 37.1 Å². The molecule has 1 N–H and O–H groups in total. The number of aromatic nitrogens is 2. The van der Waals surface area contributed by atoms with E-state index in [1.807, 2.05) is 71.2 Å². The van der Waals surface area contributed by atoms with Crippen molar-refractivity contribution < 1.29 is 9.00 Å². The lowest BCUT2D eigenvalue weighted by atomic mass is 9.87. The fourth-order valence-electron chi connectivity index (χ4n) is 5.54. The molecule has 6 nitrogen and oxygen atoms in total. The summed E-state index contributed by atoms with van der Waals surface area (Å²) >= 11 is 0. The number of fused-ring (bicyclic) bond motifs is 1. The molecule has 2 unspecified atom stereocenters. The Labute approximate surface area is 226 Å². The number of carbonyl (C=O) groups is 1. The Morgan fingerprint density at radius 3 is 2.58 bits per heavy atom. The second kappa shape index (κ2) is 10.7. The third-order valence-corrected chi connectivity index (χ3v) is 8.98. The molecule has 2 aliphatic carbocycles. The van der Waals surface area contributed by atoms with Crippen LogP contribution in [0.2, 0.25) is 0 Å².